The summed E-state index contributed by atoms with van der Waals surface area (Å²) in [5, 5.41) is 4.30. The molecule has 1 aromatic carbocycles. The van der Waals surface area contributed by atoms with E-state index in [-0.39, 0.29) is 5.54 Å². The summed E-state index contributed by atoms with van der Waals surface area (Å²) in [4.78, 5) is 5.05. The molecule has 1 fully saturated rings. The summed E-state index contributed by atoms with van der Waals surface area (Å²) in [6.07, 6.45) is 3.61. The number of nitrogens with one attached hydrogen (secondary N) is 1. The molecule has 0 amide bonds. The standard InChI is InChI=1S/C19H29N3S/c1-12(2)21-16-6-5-14(4)17(10-16)19-8-7-13(3)9-15(19)11-23-18(20)22-19/h5-6,10,12-13,15,21H,7-9,11H2,1-4H3,(H2,20,22). The number of rotatable bonds is 3. The average Bonchev–Trinajstić information content (AvgIpc) is 2.49. The Morgan fingerprint density at radius 2 is 2.17 bits per heavy atom. The van der Waals surface area contributed by atoms with E-state index in [1.807, 2.05) is 0 Å². The summed E-state index contributed by atoms with van der Waals surface area (Å²) in [5.41, 5.74) is 9.96. The molecular weight excluding hydrogens is 302 g/mol. The maximum Gasteiger partial charge on any atom is 0.154 e. The molecule has 1 aromatic rings. The lowest BCUT2D eigenvalue weighted by Crippen LogP contribution is -2.44. The molecule has 3 rings (SSSR count). The smallest absolute Gasteiger partial charge is 0.154 e. The average molecular weight is 332 g/mol. The second kappa shape index (κ2) is 6.39. The molecule has 4 heteroatoms. The topological polar surface area (TPSA) is 50.4 Å². The summed E-state index contributed by atoms with van der Waals surface area (Å²) < 4.78 is 0. The van der Waals surface area contributed by atoms with Crippen molar-refractivity contribution in [3.8, 4) is 0 Å². The number of thioether (sulfide) groups is 1. The normalized spacial score (nSPS) is 30.7. The third-order valence-electron chi connectivity index (χ3n) is 5.28. The van der Waals surface area contributed by atoms with Gasteiger partial charge in [-0.1, -0.05) is 24.8 Å². The molecule has 1 heterocycles. The van der Waals surface area contributed by atoms with Crippen LogP contribution in [0.3, 0.4) is 0 Å². The highest BCUT2D eigenvalue weighted by molar-refractivity contribution is 8.13. The molecule has 1 aliphatic carbocycles. The van der Waals surface area contributed by atoms with Crippen LogP contribution in [0.2, 0.25) is 0 Å². The van der Waals surface area contributed by atoms with E-state index in [1.54, 1.807) is 11.8 Å². The Labute approximate surface area is 144 Å². The Hall–Kier alpha value is -1.16. The number of nitrogens with zero attached hydrogens (tertiary/aromatic N) is 1. The molecule has 0 bridgehead atoms. The van der Waals surface area contributed by atoms with Gasteiger partial charge in [-0.15, -0.1) is 0 Å². The van der Waals surface area contributed by atoms with Crippen LogP contribution in [0.25, 0.3) is 0 Å². The van der Waals surface area contributed by atoms with Gasteiger partial charge in [0.05, 0.1) is 5.54 Å². The minimum Gasteiger partial charge on any atom is -0.383 e. The van der Waals surface area contributed by atoms with E-state index in [0.717, 1.165) is 23.3 Å². The van der Waals surface area contributed by atoms with E-state index in [2.05, 4.69) is 51.2 Å². The monoisotopic (exact) mass is 331 g/mol. The number of nitrogens with two attached hydrogens (primary N) is 1. The molecule has 2 aliphatic rings. The predicted molar refractivity (Wildman–Crippen MR) is 102 cm³/mol. The van der Waals surface area contributed by atoms with Gasteiger partial charge in [0.25, 0.3) is 0 Å². The van der Waals surface area contributed by atoms with Crippen molar-refractivity contribution < 1.29 is 0 Å². The lowest BCUT2D eigenvalue weighted by Gasteiger charge is -2.46. The van der Waals surface area contributed by atoms with Gasteiger partial charge >= 0.3 is 0 Å². The molecule has 23 heavy (non-hydrogen) atoms. The van der Waals surface area contributed by atoms with Crippen molar-refractivity contribution in [1.82, 2.24) is 0 Å². The summed E-state index contributed by atoms with van der Waals surface area (Å²) in [6.45, 7) is 8.94. The highest BCUT2D eigenvalue weighted by Crippen LogP contribution is 2.51. The minimum atomic E-state index is -0.111. The van der Waals surface area contributed by atoms with Crippen molar-refractivity contribution in [3.63, 3.8) is 0 Å². The van der Waals surface area contributed by atoms with Crippen molar-refractivity contribution in [3.05, 3.63) is 29.3 Å². The molecule has 0 spiro atoms. The summed E-state index contributed by atoms with van der Waals surface area (Å²) in [5.74, 6) is 2.48. The first kappa shape index (κ1) is 16.7. The number of aryl methyl sites for hydroxylation is 1. The van der Waals surface area contributed by atoms with Crippen LogP contribution in [0, 0.1) is 18.8 Å². The second-order valence-electron chi connectivity index (χ2n) is 7.59. The largest absolute Gasteiger partial charge is 0.383 e. The molecule has 126 valence electrons. The lowest BCUT2D eigenvalue weighted by atomic mass is 9.66. The molecule has 0 saturated heterocycles. The summed E-state index contributed by atoms with van der Waals surface area (Å²) in [7, 11) is 0. The number of fused-ring (bicyclic) bond motifs is 1. The Morgan fingerprint density at radius 3 is 2.91 bits per heavy atom. The van der Waals surface area contributed by atoms with Gasteiger partial charge in [-0.05, 0) is 75.1 Å². The fourth-order valence-electron chi connectivity index (χ4n) is 4.16. The van der Waals surface area contributed by atoms with Gasteiger partial charge in [0.1, 0.15) is 0 Å². The third kappa shape index (κ3) is 3.23. The lowest BCUT2D eigenvalue weighted by molar-refractivity contribution is 0.168. The zero-order chi connectivity index (χ0) is 16.6. The predicted octanol–water partition coefficient (Wildman–Crippen LogP) is 4.51. The summed E-state index contributed by atoms with van der Waals surface area (Å²) in [6, 6.07) is 7.17. The van der Waals surface area contributed by atoms with Crippen LogP contribution < -0.4 is 11.1 Å². The molecule has 1 saturated carbocycles. The minimum absolute atomic E-state index is 0.111. The number of amidine groups is 1. The number of hydrogen-bond acceptors (Lipinski definition) is 4. The first-order chi connectivity index (χ1) is 10.9. The Bertz CT molecular complexity index is 611. The van der Waals surface area contributed by atoms with Gasteiger partial charge in [0, 0.05) is 17.5 Å². The number of anilines is 1. The molecule has 3 atom stereocenters. The molecule has 3 unspecified atom stereocenters. The maximum atomic E-state index is 6.17. The molecule has 3 nitrogen and oxygen atoms in total. The van der Waals surface area contributed by atoms with Crippen molar-refractivity contribution in [1.29, 1.82) is 0 Å². The van der Waals surface area contributed by atoms with Crippen LogP contribution in [0.15, 0.2) is 23.2 Å². The fourth-order valence-corrected chi connectivity index (χ4v) is 5.17. The number of benzene rings is 1. The van der Waals surface area contributed by atoms with Crippen molar-refractivity contribution in [2.24, 2.45) is 22.6 Å². The Kier molecular flexibility index (Phi) is 4.63. The molecule has 1 aliphatic heterocycles. The Morgan fingerprint density at radius 1 is 1.39 bits per heavy atom. The van der Waals surface area contributed by atoms with Gasteiger partial charge in [-0.3, -0.25) is 4.99 Å². The number of hydrogen-bond donors (Lipinski definition) is 2. The van der Waals surface area contributed by atoms with Crippen molar-refractivity contribution in [2.45, 2.75) is 58.5 Å². The van der Waals surface area contributed by atoms with E-state index < -0.39 is 0 Å². The van der Waals surface area contributed by atoms with Gasteiger partial charge in [0.15, 0.2) is 5.17 Å². The zero-order valence-electron chi connectivity index (χ0n) is 14.7. The highest BCUT2D eigenvalue weighted by Gasteiger charge is 2.46. The highest BCUT2D eigenvalue weighted by atomic mass is 32.2. The van der Waals surface area contributed by atoms with Crippen LogP contribution in [-0.4, -0.2) is 17.0 Å². The van der Waals surface area contributed by atoms with Gasteiger partial charge in [-0.2, -0.15) is 0 Å². The molecular formula is C19H29N3S. The van der Waals surface area contributed by atoms with Crippen LogP contribution in [0.5, 0.6) is 0 Å². The fraction of sp³-hybridized carbons (Fsp3) is 0.632. The van der Waals surface area contributed by atoms with Crippen molar-refractivity contribution >= 4 is 22.6 Å². The van der Waals surface area contributed by atoms with E-state index in [4.69, 9.17) is 10.7 Å². The van der Waals surface area contributed by atoms with Crippen LogP contribution in [0.4, 0.5) is 5.69 Å². The van der Waals surface area contributed by atoms with Crippen LogP contribution >= 0.6 is 11.8 Å². The molecule has 0 radical (unpaired) electrons. The van der Waals surface area contributed by atoms with E-state index in [9.17, 15) is 0 Å². The summed E-state index contributed by atoms with van der Waals surface area (Å²) >= 11 is 1.73. The first-order valence-corrected chi connectivity index (χ1v) is 9.75. The van der Waals surface area contributed by atoms with E-state index >= 15 is 0 Å². The van der Waals surface area contributed by atoms with Gasteiger partial charge in [-0.25, -0.2) is 0 Å². The molecule has 3 N–H and O–H groups in total. The molecule has 0 aromatic heterocycles. The van der Waals surface area contributed by atoms with Gasteiger partial charge in [0.2, 0.25) is 0 Å². The quantitative estimate of drug-likeness (QED) is 0.857. The SMILES string of the molecule is Cc1ccc(NC(C)C)cc1C12CCC(C)CC1CSC(N)=N2. The third-order valence-corrected chi connectivity index (χ3v) is 6.24. The number of aliphatic imine (C=N–C) groups is 1. The van der Waals surface area contributed by atoms with Crippen LogP contribution in [0.1, 0.15) is 51.2 Å². The Balaban J connectivity index is 2.07. The van der Waals surface area contributed by atoms with Gasteiger partial charge < -0.3 is 11.1 Å². The van der Waals surface area contributed by atoms with E-state index in [1.165, 1.54) is 29.7 Å². The second-order valence-corrected chi connectivity index (χ2v) is 8.63. The first-order valence-electron chi connectivity index (χ1n) is 8.76. The van der Waals surface area contributed by atoms with E-state index in [0.29, 0.717) is 12.0 Å². The van der Waals surface area contributed by atoms with Crippen molar-refractivity contribution in [2.75, 3.05) is 11.1 Å². The van der Waals surface area contributed by atoms with Crippen LogP contribution in [-0.2, 0) is 5.54 Å². The zero-order valence-corrected chi connectivity index (χ0v) is 15.5. The maximum absolute atomic E-state index is 6.17.